The topological polar surface area (TPSA) is 74.6 Å². The van der Waals surface area contributed by atoms with E-state index in [-0.39, 0.29) is 23.6 Å². The Morgan fingerprint density at radius 3 is 2.35 bits per heavy atom. The van der Waals surface area contributed by atoms with Gasteiger partial charge in [0.1, 0.15) is 11.5 Å². The summed E-state index contributed by atoms with van der Waals surface area (Å²) in [5.74, 6) is 0.520. The largest absolute Gasteiger partial charge is 0.465 e. The molecule has 2 heterocycles. The van der Waals surface area contributed by atoms with E-state index in [0.29, 0.717) is 11.3 Å². The van der Waals surface area contributed by atoms with E-state index < -0.39 is 0 Å². The van der Waals surface area contributed by atoms with Crippen molar-refractivity contribution >= 4 is 23.6 Å². The van der Waals surface area contributed by atoms with Crippen molar-refractivity contribution in [2.75, 3.05) is 18.0 Å². The van der Waals surface area contributed by atoms with Gasteiger partial charge in [-0.1, -0.05) is 37.3 Å². The molecule has 2 amide bonds. The van der Waals surface area contributed by atoms with Crippen LogP contribution in [0.25, 0.3) is 6.08 Å². The molecule has 6 nitrogen and oxygen atoms in total. The van der Waals surface area contributed by atoms with E-state index in [0.717, 1.165) is 24.6 Å². The van der Waals surface area contributed by atoms with Gasteiger partial charge in [0, 0.05) is 30.4 Å². The molecule has 1 aliphatic heterocycles. The van der Waals surface area contributed by atoms with Crippen LogP contribution in [0.15, 0.2) is 83.1 Å². The average molecular weight is 458 g/mol. The highest BCUT2D eigenvalue weighted by molar-refractivity contribution is 6.05. The van der Waals surface area contributed by atoms with Gasteiger partial charge in [0.25, 0.3) is 11.8 Å². The molecule has 1 atom stereocenters. The minimum Gasteiger partial charge on any atom is -0.465 e. The van der Waals surface area contributed by atoms with Gasteiger partial charge in [0.05, 0.1) is 12.3 Å². The van der Waals surface area contributed by atoms with Crippen LogP contribution in [0.4, 0.5) is 5.69 Å². The van der Waals surface area contributed by atoms with Crippen molar-refractivity contribution in [1.82, 2.24) is 10.6 Å². The number of furan rings is 1. The van der Waals surface area contributed by atoms with Crippen molar-refractivity contribution in [2.45, 2.75) is 32.7 Å². The summed E-state index contributed by atoms with van der Waals surface area (Å²) in [6, 6.07) is 20.3. The number of piperidine rings is 1. The van der Waals surface area contributed by atoms with Gasteiger partial charge in [-0.2, -0.15) is 0 Å². The molecule has 34 heavy (non-hydrogen) atoms. The van der Waals surface area contributed by atoms with Crippen LogP contribution in [0.3, 0.4) is 0 Å². The maximum absolute atomic E-state index is 13.1. The van der Waals surface area contributed by atoms with E-state index >= 15 is 0 Å². The summed E-state index contributed by atoms with van der Waals surface area (Å²) in [5, 5.41) is 5.72. The van der Waals surface area contributed by atoms with Gasteiger partial charge in [-0.15, -0.1) is 0 Å². The molecule has 176 valence electrons. The fraction of sp³-hybridized carbons (Fsp3) is 0.286. The van der Waals surface area contributed by atoms with E-state index in [4.69, 9.17) is 4.42 Å². The number of hydrogen-bond donors (Lipinski definition) is 2. The number of carbonyl (C=O) groups is 2. The van der Waals surface area contributed by atoms with E-state index in [1.807, 2.05) is 13.0 Å². The normalized spacial score (nSPS) is 15.6. The summed E-state index contributed by atoms with van der Waals surface area (Å²) in [6.07, 6.45) is 5.48. The predicted molar refractivity (Wildman–Crippen MR) is 134 cm³/mol. The number of nitrogens with one attached hydrogen (secondary N) is 2. The van der Waals surface area contributed by atoms with Crippen molar-refractivity contribution in [3.05, 3.63) is 95.6 Å². The summed E-state index contributed by atoms with van der Waals surface area (Å²) >= 11 is 0. The molecule has 0 saturated carbocycles. The van der Waals surface area contributed by atoms with Crippen LogP contribution in [-0.4, -0.2) is 24.9 Å². The van der Waals surface area contributed by atoms with Crippen molar-refractivity contribution in [3.63, 3.8) is 0 Å². The standard InChI is InChI=1S/C28H31N3O3/c1-20-14-16-31(17-15-20)24-12-10-22(11-13-24)21(2)29-28(33)26(19-25-9-6-18-34-25)30-27(32)23-7-4-3-5-8-23/h3-13,18-21H,14-17H2,1-2H3,(H,29,33)(H,30,32)/b26-19-. The highest BCUT2D eigenvalue weighted by atomic mass is 16.3. The van der Waals surface area contributed by atoms with Gasteiger partial charge in [-0.3, -0.25) is 9.59 Å². The molecule has 3 aromatic rings. The Hall–Kier alpha value is -3.80. The first kappa shape index (κ1) is 23.4. The van der Waals surface area contributed by atoms with E-state index in [1.165, 1.54) is 30.9 Å². The Balaban J connectivity index is 1.44. The van der Waals surface area contributed by atoms with E-state index in [1.54, 1.807) is 36.4 Å². The Morgan fingerprint density at radius 2 is 1.71 bits per heavy atom. The van der Waals surface area contributed by atoms with Gasteiger partial charge >= 0.3 is 0 Å². The summed E-state index contributed by atoms with van der Waals surface area (Å²) in [4.78, 5) is 28.2. The van der Waals surface area contributed by atoms with Gasteiger partial charge in [0.15, 0.2) is 0 Å². The number of benzene rings is 2. The van der Waals surface area contributed by atoms with E-state index in [2.05, 4.69) is 46.7 Å². The molecule has 1 fully saturated rings. The monoisotopic (exact) mass is 457 g/mol. The van der Waals surface area contributed by atoms with Crippen LogP contribution in [-0.2, 0) is 4.79 Å². The molecule has 1 saturated heterocycles. The van der Waals surface area contributed by atoms with Crippen LogP contribution in [0.2, 0.25) is 0 Å². The molecule has 0 aliphatic carbocycles. The number of rotatable bonds is 7. The first-order valence-corrected chi connectivity index (χ1v) is 11.8. The van der Waals surface area contributed by atoms with Crippen LogP contribution in [0.5, 0.6) is 0 Å². The molecule has 0 bridgehead atoms. The number of nitrogens with zero attached hydrogens (tertiary/aromatic N) is 1. The predicted octanol–water partition coefficient (Wildman–Crippen LogP) is 5.16. The molecule has 0 radical (unpaired) electrons. The maximum Gasteiger partial charge on any atom is 0.268 e. The second-order valence-corrected chi connectivity index (χ2v) is 8.85. The summed E-state index contributed by atoms with van der Waals surface area (Å²) in [5.41, 5.74) is 2.79. The second kappa shape index (κ2) is 10.9. The van der Waals surface area contributed by atoms with Crippen molar-refractivity contribution < 1.29 is 14.0 Å². The third-order valence-corrected chi connectivity index (χ3v) is 6.25. The minimum atomic E-state index is -0.387. The van der Waals surface area contributed by atoms with Gasteiger partial charge in [-0.25, -0.2) is 0 Å². The quantitative estimate of drug-likeness (QED) is 0.481. The van der Waals surface area contributed by atoms with Crippen molar-refractivity contribution in [2.24, 2.45) is 5.92 Å². The zero-order chi connectivity index (χ0) is 23.9. The van der Waals surface area contributed by atoms with Crippen LogP contribution < -0.4 is 15.5 Å². The van der Waals surface area contributed by atoms with Crippen molar-refractivity contribution in [3.8, 4) is 0 Å². The Bertz CT molecular complexity index is 1110. The summed E-state index contributed by atoms with van der Waals surface area (Å²) in [7, 11) is 0. The molecule has 2 N–H and O–H groups in total. The maximum atomic E-state index is 13.1. The number of anilines is 1. The SMILES string of the molecule is CC1CCN(c2ccc(C(C)NC(=O)/C(=C/c3ccco3)NC(=O)c3ccccc3)cc2)CC1. The molecule has 6 heteroatoms. The molecule has 2 aromatic carbocycles. The molecule has 0 spiro atoms. The number of amides is 2. The van der Waals surface area contributed by atoms with Gasteiger partial charge in [-0.05, 0) is 67.6 Å². The third kappa shape index (κ3) is 5.95. The molecular weight excluding hydrogens is 426 g/mol. The molecule has 1 aromatic heterocycles. The summed E-state index contributed by atoms with van der Waals surface area (Å²) < 4.78 is 5.36. The third-order valence-electron chi connectivity index (χ3n) is 6.25. The molecule has 4 rings (SSSR count). The summed E-state index contributed by atoms with van der Waals surface area (Å²) in [6.45, 7) is 6.39. The lowest BCUT2D eigenvalue weighted by atomic mass is 9.98. The van der Waals surface area contributed by atoms with Crippen LogP contribution in [0, 0.1) is 5.92 Å². The first-order chi connectivity index (χ1) is 16.5. The average Bonchev–Trinajstić information content (AvgIpc) is 3.38. The van der Waals surface area contributed by atoms with Crippen LogP contribution >= 0.6 is 0 Å². The molecule has 1 aliphatic rings. The molecular formula is C28H31N3O3. The second-order valence-electron chi connectivity index (χ2n) is 8.85. The fourth-order valence-electron chi connectivity index (χ4n) is 4.06. The smallest absolute Gasteiger partial charge is 0.268 e. The lowest BCUT2D eigenvalue weighted by molar-refractivity contribution is -0.118. The van der Waals surface area contributed by atoms with Crippen molar-refractivity contribution in [1.29, 1.82) is 0 Å². The Morgan fingerprint density at radius 1 is 1.00 bits per heavy atom. The number of hydrogen-bond acceptors (Lipinski definition) is 4. The highest BCUT2D eigenvalue weighted by Crippen LogP contribution is 2.24. The lowest BCUT2D eigenvalue weighted by Gasteiger charge is -2.32. The first-order valence-electron chi connectivity index (χ1n) is 11.8. The van der Waals surface area contributed by atoms with E-state index in [9.17, 15) is 9.59 Å². The van der Waals surface area contributed by atoms with Gasteiger partial charge in [0.2, 0.25) is 0 Å². The zero-order valence-electron chi connectivity index (χ0n) is 19.7. The molecule has 1 unspecified atom stereocenters. The Kier molecular flexibility index (Phi) is 7.48. The zero-order valence-corrected chi connectivity index (χ0v) is 19.7. The minimum absolute atomic E-state index is 0.120. The lowest BCUT2D eigenvalue weighted by Crippen LogP contribution is -2.36. The van der Waals surface area contributed by atoms with Gasteiger partial charge < -0.3 is 20.0 Å². The highest BCUT2D eigenvalue weighted by Gasteiger charge is 2.19. The van der Waals surface area contributed by atoms with Crippen LogP contribution in [0.1, 0.15) is 54.4 Å². The fourth-order valence-corrected chi connectivity index (χ4v) is 4.06. The Labute approximate surface area is 200 Å². The number of carbonyl (C=O) groups excluding carboxylic acids is 2.